The van der Waals surface area contributed by atoms with E-state index in [1.165, 1.54) is 44.1 Å². The number of imidazole rings is 1. The van der Waals surface area contributed by atoms with E-state index in [1.54, 1.807) is 0 Å². The third-order valence-electron chi connectivity index (χ3n) is 8.55. The van der Waals surface area contributed by atoms with Crippen molar-refractivity contribution in [2.24, 2.45) is 5.92 Å². The zero-order valence-corrected chi connectivity index (χ0v) is 25.8. The summed E-state index contributed by atoms with van der Waals surface area (Å²) >= 11 is 0. The van der Waals surface area contributed by atoms with Crippen molar-refractivity contribution in [2.75, 3.05) is 18.6 Å². The summed E-state index contributed by atoms with van der Waals surface area (Å²) in [7, 11) is -3.18. The minimum absolute atomic E-state index is 0.0484. The number of pyridine rings is 2. The molecule has 0 radical (unpaired) electrons. The third kappa shape index (κ3) is 6.50. The molecule has 2 aromatic carbocycles. The topological polar surface area (TPSA) is 129 Å². The van der Waals surface area contributed by atoms with Crippen LogP contribution in [-0.2, 0) is 22.8 Å². The van der Waals surface area contributed by atoms with Crippen LogP contribution in [-0.4, -0.2) is 57.1 Å². The van der Waals surface area contributed by atoms with Crippen LogP contribution in [0.2, 0.25) is 0 Å². The van der Waals surface area contributed by atoms with Gasteiger partial charge in [0.2, 0.25) is 0 Å². The highest BCUT2D eigenvalue weighted by atomic mass is 32.2. The maximum Gasteiger partial charge on any atom is 0.181 e. The molecule has 4 aromatic heterocycles. The summed E-state index contributed by atoms with van der Waals surface area (Å²) < 4.78 is 38.1. The third-order valence-corrected chi connectivity index (χ3v) is 9.50. The average molecular weight is 624 g/mol. The molecule has 11 heteroatoms. The van der Waals surface area contributed by atoms with Crippen LogP contribution < -0.4 is 5.32 Å². The van der Waals surface area contributed by atoms with Crippen molar-refractivity contribution in [2.45, 2.75) is 38.6 Å². The molecule has 1 aliphatic carbocycles. The van der Waals surface area contributed by atoms with Crippen molar-refractivity contribution in [3.63, 3.8) is 0 Å². The van der Waals surface area contributed by atoms with Crippen LogP contribution in [0.15, 0.2) is 67.1 Å². The van der Waals surface area contributed by atoms with Crippen molar-refractivity contribution in [3.05, 3.63) is 84.1 Å². The number of benzene rings is 2. The minimum Gasteiger partial charge on any atom is -0.337 e. The van der Waals surface area contributed by atoms with Crippen LogP contribution in [0.1, 0.15) is 36.8 Å². The number of halogens is 1. The fourth-order valence-corrected chi connectivity index (χ4v) is 6.86. The molecule has 0 unspecified atom stereocenters. The van der Waals surface area contributed by atoms with Crippen molar-refractivity contribution in [1.29, 1.82) is 0 Å². The lowest BCUT2D eigenvalue weighted by molar-refractivity contribution is 0.489. The maximum atomic E-state index is 14.7. The predicted molar refractivity (Wildman–Crippen MR) is 175 cm³/mol. The molecule has 9 nitrogen and oxygen atoms in total. The fourth-order valence-electron chi connectivity index (χ4n) is 6.25. The normalized spacial score (nSPS) is 14.2. The van der Waals surface area contributed by atoms with Gasteiger partial charge in [-0.25, -0.2) is 22.8 Å². The van der Waals surface area contributed by atoms with Gasteiger partial charge < -0.3 is 10.3 Å². The van der Waals surface area contributed by atoms with E-state index < -0.39 is 15.7 Å². The van der Waals surface area contributed by atoms with E-state index in [-0.39, 0.29) is 12.2 Å². The molecule has 230 valence electrons. The number of H-pyrrole nitrogens is 2. The lowest BCUT2D eigenvalue weighted by Gasteiger charge is -2.11. The van der Waals surface area contributed by atoms with Crippen LogP contribution in [0.4, 0.5) is 4.39 Å². The largest absolute Gasteiger partial charge is 0.337 e. The first kappa shape index (κ1) is 29.2. The number of aromatic amines is 2. The second kappa shape index (κ2) is 12.1. The fraction of sp³-hybridized carbons (Fsp3) is 0.294. The number of hydrogen-bond acceptors (Lipinski definition) is 7. The van der Waals surface area contributed by atoms with Crippen molar-refractivity contribution < 1.29 is 12.8 Å². The summed E-state index contributed by atoms with van der Waals surface area (Å²) in [5, 5.41) is 11.9. The zero-order chi connectivity index (χ0) is 31.0. The van der Waals surface area contributed by atoms with Crippen LogP contribution >= 0.6 is 0 Å². The molecule has 1 fully saturated rings. The lowest BCUT2D eigenvalue weighted by atomic mass is 10.0. The molecular weight excluding hydrogens is 589 g/mol. The number of nitrogens with zero attached hydrogens (tertiary/aromatic N) is 4. The number of nitrogens with one attached hydrogen (secondary N) is 3. The van der Waals surface area contributed by atoms with Gasteiger partial charge in [0.1, 0.15) is 21.3 Å². The van der Waals surface area contributed by atoms with Gasteiger partial charge in [0.05, 0.1) is 22.2 Å². The van der Waals surface area contributed by atoms with E-state index >= 15 is 0 Å². The monoisotopic (exact) mass is 623 g/mol. The molecule has 45 heavy (non-hydrogen) atoms. The number of aryl methyl sites for hydroxylation is 1. The Bertz CT molecular complexity index is 2120. The SMILES string of the molecule is CS(=O)(=O)CCc1cc(F)cc(-c2cccc3[nH]c(-c4[nH]nc5ncc(-c6cncc(CNCC7CCCC7)c6)cc45)nc23)c1. The van der Waals surface area contributed by atoms with Crippen molar-refractivity contribution in [3.8, 4) is 33.8 Å². The molecule has 0 atom stereocenters. The Kier molecular flexibility index (Phi) is 7.88. The smallest absolute Gasteiger partial charge is 0.181 e. The molecule has 6 aromatic rings. The van der Waals surface area contributed by atoms with Gasteiger partial charge >= 0.3 is 0 Å². The van der Waals surface area contributed by atoms with Gasteiger partial charge in [0.25, 0.3) is 0 Å². The molecule has 0 bridgehead atoms. The quantitative estimate of drug-likeness (QED) is 0.165. The highest BCUT2D eigenvalue weighted by Crippen LogP contribution is 2.33. The molecule has 0 saturated heterocycles. The Labute approximate surface area is 260 Å². The van der Waals surface area contributed by atoms with E-state index in [1.807, 2.05) is 48.9 Å². The Hall–Kier alpha value is -4.48. The molecule has 1 saturated carbocycles. The Morgan fingerprint density at radius 3 is 2.64 bits per heavy atom. The molecule has 7 rings (SSSR count). The number of fused-ring (bicyclic) bond motifs is 2. The Balaban J connectivity index is 1.19. The number of aromatic nitrogens is 6. The van der Waals surface area contributed by atoms with Crippen LogP contribution in [0, 0.1) is 11.7 Å². The molecule has 4 heterocycles. The highest BCUT2D eigenvalue weighted by molar-refractivity contribution is 7.90. The molecular formula is C34H34FN7O2S. The summed E-state index contributed by atoms with van der Waals surface area (Å²) in [4.78, 5) is 17.4. The van der Waals surface area contributed by atoms with Crippen LogP contribution in [0.25, 0.3) is 55.8 Å². The average Bonchev–Trinajstić information content (AvgIpc) is 3.79. The van der Waals surface area contributed by atoms with Gasteiger partial charge in [-0.2, -0.15) is 5.10 Å². The van der Waals surface area contributed by atoms with E-state index in [9.17, 15) is 12.8 Å². The summed E-state index contributed by atoms with van der Waals surface area (Å²) in [6, 6.07) is 14.5. The highest BCUT2D eigenvalue weighted by Gasteiger charge is 2.18. The van der Waals surface area contributed by atoms with E-state index in [2.05, 4.69) is 36.5 Å². The predicted octanol–water partition coefficient (Wildman–Crippen LogP) is 6.24. The van der Waals surface area contributed by atoms with Crippen LogP contribution in [0.3, 0.4) is 0 Å². The van der Waals surface area contributed by atoms with E-state index in [4.69, 9.17) is 4.98 Å². The van der Waals surface area contributed by atoms with Crippen molar-refractivity contribution >= 4 is 31.9 Å². The van der Waals surface area contributed by atoms with Gasteiger partial charge in [-0.3, -0.25) is 10.1 Å². The Morgan fingerprint density at radius 1 is 0.978 bits per heavy atom. The first-order chi connectivity index (χ1) is 21.8. The first-order valence-corrected chi connectivity index (χ1v) is 17.3. The number of sulfone groups is 1. The first-order valence-electron chi connectivity index (χ1n) is 15.2. The maximum absolute atomic E-state index is 14.7. The van der Waals surface area contributed by atoms with E-state index in [0.717, 1.165) is 52.2 Å². The molecule has 1 aliphatic rings. The van der Waals surface area contributed by atoms with Crippen molar-refractivity contribution in [1.82, 2.24) is 35.5 Å². The lowest BCUT2D eigenvalue weighted by Crippen LogP contribution is -2.20. The van der Waals surface area contributed by atoms with Gasteiger partial charge in [-0.15, -0.1) is 0 Å². The van der Waals surface area contributed by atoms with Gasteiger partial charge in [-0.05, 0) is 78.7 Å². The number of hydrogen-bond donors (Lipinski definition) is 3. The molecule has 0 aliphatic heterocycles. The minimum atomic E-state index is -3.18. The molecule has 0 amide bonds. The molecule has 0 spiro atoms. The summed E-state index contributed by atoms with van der Waals surface area (Å²) in [5.74, 6) is 0.883. The summed E-state index contributed by atoms with van der Waals surface area (Å²) in [6.07, 6.45) is 12.3. The second-order valence-corrected chi connectivity index (χ2v) is 14.3. The molecule has 3 N–H and O–H groups in total. The standard InChI is InChI=1S/C34H34FN7O2S/c1-45(43,44)10-9-22-11-24(14-27(35)13-22)28-7-4-8-30-31(28)40-34(39-30)32-29-15-26(20-38-33(29)42-41-32)25-12-23(18-37-19-25)17-36-16-21-5-2-3-6-21/h4,7-8,11-15,18-21,36H,2-3,5-6,9-10,16-17H2,1H3,(H,39,40)(H,38,41,42). The number of para-hydroxylation sites is 1. The number of rotatable bonds is 10. The Morgan fingerprint density at radius 2 is 1.80 bits per heavy atom. The summed E-state index contributed by atoms with van der Waals surface area (Å²) in [5.41, 5.74) is 7.71. The van der Waals surface area contributed by atoms with Gasteiger partial charge in [0.15, 0.2) is 11.5 Å². The van der Waals surface area contributed by atoms with Crippen LogP contribution in [0.5, 0.6) is 0 Å². The van der Waals surface area contributed by atoms with Gasteiger partial charge in [-0.1, -0.05) is 31.0 Å². The van der Waals surface area contributed by atoms with E-state index in [0.29, 0.717) is 33.8 Å². The van der Waals surface area contributed by atoms with Gasteiger partial charge in [0, 0.05) is 48.1 Å². The second-order valence-electron chi connectivity index (χ2n) is 12.1. The summed E-state index contributed by atoms with van der Waals surface area (Å²) in [6.45, 7) is 1.81. The zero-order valence-electron chi connectivity index (χ0n) is 25.0.